The minimum absolute atomic E-state index is 0.00616. The first-order chi connectivity index (χ1) is 14.1. The minimum atomic E-state index is -0.132. The number of aliphatic imine (C=N–C) groups is 1. The van der Waals surface area contributed by atoms with Gasteiger partial charge in [0.05, 0.1) is 5.69 Å². The Labute approximate surface area is 172 Å². The van der Waals surface area contributed by atoms with Crippen LogP contribution < -0.4 is 20.7 Å². The number of carbonyl (C=O) groups excluding carboxylic acids is 1. The third kappa shape index (κ3) is 6.81. The van der Waals surface area contributed by atoms with Crippen LogP contribution >= 0.6 is 0 Å². The molecule has 8 nitrogen and oxygen atoms in total. The Hall–Kier alpha value is -3.03. The summed E-state index contributed by atoms with van der Waals surface area (Å²) < 4.78 is 10.9. The van der Waals surface area contributed by atoms with Crippen molar-refractivity contribution < 1.29 is 14.1 Å². The van der Waals surface area contributed by atoms with Crippen LogP contribution in [0, 0.1) is 0 Å². The lowest BCUT2D eigenvalue weighted by molar-refractivity contribution is -0.122. The van der Waals surface area contributed by atoms with Gasteiger partial charge < -0.3 is 25.2 Å². The first kappa shape index (κ1) is 22.3. The fourth-order valence-corrected chi connectivity index (χ4v) is 2.86. The zero-order chi connectivity index (χ0) is 21.1. The molecule has 1 amide bonds. The molecule has 8 heteroatoms. The first-order valence-electron chi connectivity index (χ1n) is 10.00. The number of nitrogens with zero attached hydrogens (tertiary/aromatic N) is 2. The summed E-state index contributed by atoms with van der Waals surface area (Å²) in [6.07, 6.45) is 1.63. The molecule has 0 atom stereocenters. The van der Waals surface area contributed by atoms with Crippen molar-refractivity contribution in [3.63, 3.8) is 0 Å². The third-order valence-corrected chi connectivity index (χ3v) is 4.37. The number of aryl methyl sites for hydroxylation is 2. The predicted octanol–water partition coefficient (Wildman–Crippen LogP) is 2.18. The fourth-order valence-electron chi connectivity index (χ4n) is 2.86. The van der Waals surface area contributed by atoms with E-state index in [0.717, 1.165) is 35.4 Å². The average Bonchev–Trinajstić information content (AvgIpc) is 3.15. The Morgan fingerprint density at radius 1 is 1.14 bits per heavy atom. The molecule has 2 rings (SSSR count). The summed E-state index contributed by atoms with van der Waals surface area (Å²) in [5, 5.41) is 13.4. The highest BCUT2D eigenvalue weighted by Gasteiger charge is 2.13. The van der Waals surface area contributed by atoms with E-state index in [4.69, 9.17) is 9.26 Å². The number of hydrogen-bond donors (Lipinski definition) is 3. The molecule has 1 aromatic carbocycles. The summed E-state index contributed by atoms with van der Waals surface area (Å²) in [7, 11) is 1.73. The number of amides is 1. The quantitative estimate of drug-likeness (QED) is 0.417. The molecular weight excluding hydrogens is 370 g/mol. The van der Waals surface area contributed by atoms with E-state index in [1.165, 1.54) is 0 Å². The molecule has 0 aliphatic carbocycles. The average molecular weight is 402 g/mol. The van der Waals surface area contributed by atoms with E-state index in [2.05, 4.69) is 39.9 Å². The molecular formula is C21H31N5O3. The van der Waals surface area contributed by atoms with Gasteiger partial charge in [-0.2, -0.15) is 0 Å². The summed E-state index contributed by atoms with van der Waals surface area (Å²) >= 11 is 0. The molecule has 1 aromatic heterocycles. The van der Waals surface area contributed by atoms with Gasteiger partial charge in [0.1, 0.15) is 11.5 Å². The number of rotatable bonds is 10. The highest BCUT2D eigenvalue weighted by molar-refractivity contribution is 5.79. The monoisotopic (exact) mass is 401 g/mol. The molecule has 0 saturated heterocycles. The summed E-state index contributed by atoms with van der Waals surface area (Å²) in [6, 6.07) is 7.63. The molecule has 0 radical (unpaired) electrons. The Balaban J connectivity index is 1.89. The van der Waals surface area contributed by atoms with Crippen molar-refractivity contribution in [2.75, 3.05) is 20.2 Å². The van der Waals surface area contributed by atoms with E-state index < -0.39 is 0 Å². The van der Waals surface area contributed by atoms with Crippen molar-refractivity contribution in [2.45, 2.75) is 46.7 Å². The fraction of sp³-hybridized carbons (Fsp3) is 0.476. The van der Waals surface area contributed by atoms with Gasteiger partial charge in [0.2, 0.25) is 0 Å². The van der Waals surface area contributed by atoms with Crippen molar-refractivity contribution in [2.24, 2.45) is 4.99 Å². The molecule has 0 aliphatic heterocycles. The maximum atomic E-state index is 11.5. The van der Waals surface area contributed by atoms with E-state index >= 15 is 0 Å². The largest absolute Gasteiger partial charge is 0.484 e. The van der Waals surface area contributed by atoms with Gasteiger partial charge in [-0.05, 0) is 31.0 Å². The topological polar surface area (TPSA) is 101 Å². The van der Waals surface area contributed by atoms with Crippen molar-refractivity contribution in [3.8, 4) is 5.75 Å². The van der Waals surface area contributed by atoms with Gasteiger partial charge in [-0.25, -0.2) is 0 Å². The van der Waals surface area contributed by atoms with Gasteiger partial charge >= 0.3 is 0 Å². The second-order valence-corrected chi connectivity index (χ2v) is 6.41. The Bertz CT molecular complexity index is 795. The first-order valence-corrected chi connectivity index (χ1v) is 10.00. The number of nitrogens with one attached hydrogen (secondary N) is 3. The van der Waals surface area contributed by atoms with Gasteiger partial charge in [0, 0.05) is 38.7 Å². The lowest BCUT2D eigenvalue weighted by Gasteiger charge is -2.13. The third-order valence-electron chi connectivity index (χ3n) is 4.37. The van der Waals surface area contributed by atoms with E-state index in [0.29, 0.717) is 31.3 Å². The van der Waals surface area contributed by atoms with Crippen molar-refractivity contribution in [1.82, 2.24) is 21.1 Å². The summed E-state index contributed by atoms with van der Waals surface area (Å²) in [6.45, 7) is 7.76. The number of carbonyl (C=O) groups is 1. The standard InChI is InChI=1S/C21H31N5O3/c1-5-18-17(19(6-2)29-26-18)13-25-21(22-4)24-12-15-9-8-10-16(11-15)28-14-20(27)23-7-3/h8-11H,5-7,12-14H2,1-4H3,(H,23,27)(H2,22,24,25). The van der Waals surface area contributed by atoms with Crippen LogP contribution in [0.5, 0.6) is 5.75 Å². The van der Waals surface area contributed by atoms with Crippen LogP contribution in [0.1, 0.15) is 43.4 Å². The minimum Gasteiger partial charge on any atom is -0.484 e. The maximum absolute atomic E-state index is 11.5. The van der Waals surface area contributed by atoms with Crippen LogP contribution in [0.25, 0.3) is 0 Å². The van der Waals surface area contributed by atoms with Crippen LogP contribution in [0.2, 0.25) is 0 Å². The van der Waals surface area contributed by atoms with Crippen LogP contribution in [-0.4, -0.2) is 37.2 Å². The number of aromatic nitrogens is 1. The van der Waals surface area contributed by atoms with Crippen molar-refractivity contribution in [3.05, 3.63) is 46.8 Å². The number of likely N-dealkylation sites (N-methyl/N-ethyl adjacent to an activating group) is 1. The molecule has 1 heterocycles. The van der Waals surface area contributed by atoms with Crippen LogP contribution in [0.4, 0.5) is 0 Å². The highest BCUT2D eigenvalue weighted by atomic mass is 16.5. The molecule has 0 unspecified atom stereocenters. The molecule has 2 aromatic rings. The van der Waals surface area contributed by atoms with Gasteiger partial charge in [-0.15, -0.1) is 0 Å². The summed E-state index contributed by atoms with van der Waals surface area (Å²) in [5.74, 6) is 2.11. The van der Waals surface area contributed by atoms with E-state index in [9.17, 15) is 4.79 Å². The molecule has 158 valence electrons. The highest BCUT2D eigenvalue weighted by Crippen LogP contribution is 2.15. The maximum Gasteiger partial charge on any atom is 0.257 e. The smallest absolute Gasteiger partial charge is 0.257 e. The zero-order valence-corrected chi connectivity index (χ0v) is 17.7. The number of ether oxygens (including phenoxy) is 1. The lowest BCUT2D eigenvalue weighted by atomic mass is 10.1. The number of benzene rings is 1. The van der Waals surface area contributed by atoms with Gasteiger partial charge in [-0.3, -0.25) is 9.79 Å². The second-order valence-electron chi connectivity index (χ2n) is 6.41. The Morgan fingerprint density at radius 2 is 1.93 bits per heavy atom. The van der Waals surface area contributed by atoms with Crippen molar-refractivity contribution >= 4 is 11.9 Å². The van der Waals surface area contributed by atoms with E-state index in [-0.39, 0.29) is 12.5 Å². The van der Waals surface area contributed by atoms with Gasteiger partial charge in [0.15, 0.2) is 12.6 Å². The molecule has 3 N–H and O–H groups in total. The normalized spacial score (nSPS) is 11.2. The summed E-state index contributed by atoms with van der Waals surface area (Å²) in [5.41, 5.74) is 3.09. The van der Waals surface area contributed by atoms with Crippen LogP contribution in [0.3, 0.4) is 0 Å². The molecule has 0 fully saturated rings. The second kappa shape index (κ2) is 11.7. The molecule has 0 saturated carbocycles. The van der Waals surface area contributed by atoms with Crippen LogP contribution in [0.15, 0.2) is 33.8 Å². The van der Waals surface area contributed by atoms with Crippen molar-refractivity contribution in [1.29, 1.82) is 0 Å². The molecule has 0 bridgehead atoms. The summed E-state index contributed by atoms with van der Waals surface area (Å²) in [4.78, 5) is 15.8. The van der Waals surface area contributed by atoms with Gasteiger partial charge in [0.25, 0.3) is 5.91 Å². The number of hydrogen-bond acceptors (Lipinski definition) is 5. The Morgan fingerprint density at radius 3 is 2.62 bits per heavy atom. The molecule has 0 spiro atoms. The van der Waals surface area contributed by atoms with Gasteiger partial charge in [-0.1, -0.05) is 31.1 Å². The van der Waals surface area contributed by atoms with E-state index in [1.807, 2.05) is 31.2 Å². The SMILES string of the molecule is CCNC(=O)COc1cccc(CNC(=NC)NCc2c(CC)noc2CC)c1. The Kier molecular flexibility index (Phi) is 9.01. The molecule has 29 heavy (non-hydrogen) atoms. The van der Waals surface area contributed by atoms with E-state index in [1.54, 1.807) is 7.05 Å². The zero-order valence-electron chi connectivity index (χ0n) is 17.7. The lowest BCUT2D eigenvalue weighted by Crippen LogP contribution is -2.36. The van der Waals surface area contributed by atoms with Crippen LogP contribution in [-0.2, 0) is 30.7 Å². The molecule has 0 aliphatic rings. The number of guanidine groups is 1. The predicted molar refractivity (Wildman–Crippen MR) is 113 cm³/mol.